The van der Waals surface area contributed by atoms with E-state index in [-0.39, 0.29) is 24.8 Å². The highest BCUT2D eigenvalue weighted by molar-refractivity contribution is 5.69. The van der Waals surface area contributed by atoms with Crippen LogP contribution in [0.4, 0.5) is 0 Å². The maximum atomic E-state index is 11.9. The summed E-state index contributed by atoms with van der Waals surface area (Å²) in [6.45, 7) is 0.773. The molecule has 0 saturated carbocycles. The summed E-state index contributed by atoms with van der Waals surface area (Å²) < 4.78 is 10.6. The van der Waals surface area contributed by atoms with E-state index in [0.29, 0.717) is 38.9 Å². The van der Waals surface area contributed by atoms with Crippen LogP contribution in [0.25, 0.3) is 0 Å². The van der Waals surface area contributed by atoms with Crippen LogP contribution in [0.2, 0.25) is 0 Å². The van der Waals surface area contributed by atoms with Crippen LogP contribution in [0.3, 0.4) is 0 Å². The van der Waals surface area contributed by atoms with E-state index >= 15 is 0 Å². The molecular formula is C34H62O8. The number of carbonyl (C=O) groups excluding carboxylic acids is 2. The lowest BCUT2D eigenvalue weighted by molar-refractivity contribution is -0.146. The topological polar surface area (TPSA) is 127 Å². The zero-order valence-corrected chi connectivity index (χ0v) is 26.6. The Morgan fingerprint density at radius 3 is 0.762 bits per heavy atom. The minimum Gasteiger partial charge on any atom is -0.481 e. The number of hydrogen-bond acceptors (Lipinski definition) is 6. The first-order valence-corrected chi connectivity index (χ1v) is 17.2. The smallest absolute Gasteiger partial charge is 0.305 e. The molecule has 0 aliphatic carbocycles. The van der Waals surface area contributed by atoms with Crippen molar-refractivity contribution in [2.75, 3.05) is 13.2 Å². The predicted molar refractivity (Wildman–Crippen MR) is 166 cm³/mol. The van der Waals surface area contributed by atoms with Gasteiger partial charge in [0.25, 0.3) is 0 Å². The van der Waals surface area contributed by atoms with Gasteiger partial charge in [0, 0.05) is 25.7 Å². The van der Waals surface area contributed by atoms with E-state index in [1.165, 1.54) is 64.2 Å². The molecule has 0 aliphatic heterocycles. The maximum Gasteiger partial charge on any atom is 0.305 e. The summed E-state index contributed by atoms with van der Waals surface area (Å²) in [5, 5.41) is 17.2. The molecule has 0 fully saturated rings. The van der Waals surface area contributed by atoms with Crippen molar-refractivity contribution in [1.82, 2.24) is 0 Å². The highest BCUT2D eigenvalue weighted by Crippen LogP contribution is 2.14. The molecule has 0 heterocycles. The summed E-state index contributed by atoms with van der Waals surface area (Å²) in [5.74, 6) is -1.67. The third-order valence-corrected chi connectivity index (χ3v) is 7.61. The van der Waals surface area contributed by atoms with Crippen LogP contribution in [0.5, 0.6) is 0 Å². The molecule has 2 N–H and O–H groups in total. The lowest BCUT2D eigenvalue weighted by Gasteiger charge is -2.07. The van der Waals surface area contributed by atoms with Gasteiger partial charge in [-0.1, -0.05) is 116 Å². The van der Waals surface area contributed by atoms with E-state index in [2.05, 4.69) is 0 Å². The van der Waals surface area contributed by atoms with Gasteiger partial charge in [-0.05, 0) is 38.5 Å². The van der Waals surface area contributed by atoms with Crippen molar-refractivity contribution in [1.29, 1.82) is 0 Å². The molecule has 0 spiro atoms. The molecule has 0 amide bonds. The molecule has 246 valence electrons. The van der Waals surface area contributed by atoms with Crippen LogP contribution in [-0.4, -0.2) is 47.3 Å². The number of esters is 2. The molecule has 0 aliphatic rings. The van der Waals surface area contributed by atoms with Crippen molar-refractivity contribution in [2.45, 2.75) is 180 Å². The zero-order chi connectivity index (χ0) is 30.9. The standard InChI is InChI=1S/C34H62O8/c35-31(36)25-19-15-11-7-3-1-5-9-13-17-21-27-33(39)41-29-23-24-30-42-34(40)28-22-18-14-10-6-2-4-8-12-16-20-26-32(37)38/h1-30H2,(H,35,36)(H,37,38). The number of rotatable bonds is 33. The van der Waals surface area contributed by atoms with E-state index in [1.807, 2.05) is 0 Å². The minimum atomic E-state index is -0.699. The summed E-state index contributed by atoms with van der Waals surface area (Å²) in [5.41, 5.74) is 0. The average Bonchev–Trinajstić information content (AvgIpc) is 2.95. The second kappa shape index (κ2) is 31.8. The van der Waals surface area contributed by atoms with Gasteiger partial charge in [-0.15, -0.1) is 0 Å². The van der Waals surface area contributed by atoms with Gasteiger partial charge < -0.3 is 19.7 Å². The van der Waals surface area contributed by atoms with Crippen LogP contribution >= 0.6 is 0 Å². The van der Waals surface area contributed by atoms with E-state index in [0.717, 1.165) is 77.0 Å². The highest BCUT2D eigenvalue weighted by atomic mass is 16.5. The third-order valence-electron chi connectivity index (χ3n) is 7.61. The second-order valence-electron chi connectivity index (χ2n) is 11.7. The molecule has 0 radical (unpaired) electrons. The van der Waals surface area contributed by atoms with Gasteiger partial charge in [0.05, 0.1) is 13.2 Å². The van der Waals surface area contributed by atoms with Crippen LogP contribution < -0.4 is 0 Å². The van der Waals surface area contributed by atoms with E-state index in [9.17, 15) is 19.2 Å². The first kappa shape index (κ1) is 39.9. The Labute approximate surface area is 255 Å². The largest absolute Gasteiger partial charge is 0.481 e. The molecule has 0 bridgehead atoms. The Hall–Kier alpha value is -2.12. The number of hydrogen-bond donors (Lipinski definition) is 2. The zero-order valence-electron chi connectivity index (χ0n) is 26.6. The van der Waals surface area contributed by atoms with E-state index in [4.69, 9.17) is 19.7 Å². The number of carboxylic acids is 2. The van der Waals surface area contributed by atoms with Gasteiger partial charge >= 0.3 is 23.9 Å². The molecule has 0 aromatic rings. The number of carboxylic acid groups (broad SMARTS) is 2. The van der Waals surface area contributed by atoms with Crippen molar-refractivity contribution >= 4 is 23.9 Å². The molecule has 42 heavy (non-hydrogen) atoms. The van der Waals surface area contributed by atoms with Crippen LogP contribution in [0.15, 0.2) is 0 Å². The van der Waals surface area contributed by atoms with Crippen molar-refractivity contribution in [3.05, 3.63) is 0 Å². The van der Waals surface area contributed by atoms with Crippen molar-refractivity contribution in [3.8, 4) is 0 Å². The summed E-state index contributed by atoms with van der Waals surface area (Å²) in [4.78, 5) is 44.6. The van der Waals surface area contributed by atoms with Crippen LogP contribution in [-0.2, 0) is 28.7 Å². The fourth-order valence-corrected chi connectivity index (χ4v) is 4.99. The first-order valence-electron chi connectivity index (χ1n) is 17.2. The Bertz CT molecular complexity index is 608. The van der Waals surface area contributed by atoms with Gasteiger partial charge in [0.15, 0.2) is 0 Å². The molecule has 0 rings (SSSR count). The fourth-order valence-electron chi connectivity index (χ4n) is 4.99. The molecule has 8 heteroatoms. The molecule has 0 unspecified atom stereocenters. The monoisotopic (exact) mass is 598 g/mol. The van der Waals surface area contributed by atoms with Gasteiger partial charge in [0.1, 0.15) is 0 Å². The summed E-state index contributed by atoms with van der Waals surface area (Å²) in [7, 11) is 0. The molecule has 0 aromatic carbocycles. The number of carbonyl (C=O) groups is 4. The molecular weight excluding hydrogens is 536 g/mol. The van der Waals surface area contributed by atoms with Gasteiger partial charge in [-0.25, -0.2) is 0 Å². The average molecular weight is 599 g/mol. The normalized spacial score (nSPS) is 11.0. The number of aliphatic carboxylic acids is 2. The quantitative estimate of drug-likeness (QED) is 0.0565. The number of unbranched alkanes of at least 4 members (excludes halogenated alkanes) is 21. The van der Waals surface area contributed by atoms with Crippen LogP contribution in [0, 0.1) is 0 Å². The fraction of sp³-hybridized carbons (Fsp3) is 0.882. The molecule has 0 saturated heterocycles. The Morgan fingerprint density at radius 1 is 0.310 bits per heavy atom. The van der Waals surface area contributed by atoms with Crippen LogP contribution in [0.1, 0.15) is 180 Å². The lowest BCUT2D eigenvalue weighted by Crippen LogP contribution is -2.08. The lowest BCUT2D eigenvalue weighted by atomic mass is 10.0. The molecule has 0 atom stereocenters. The van der Waals surface area contributed by atoms with Crippen molar-refractivity contribution in [2.24, 2.45) is 0 Å². The highest BCUT2D eigenvalue weighted by Gasteiger charge is 2.05. The van der Waals surface area contributed by atoms with Crippen molar-refractivity contribution < 1.29 is 38.9 Å². The molecule has 0 aromatic heterocycles. The van der Waals surface area contributed by atoms with Gasteiger partial charge in [-0.2, -0.15) is 0 Å². The van der Waals surface area contributed by atoms with E-state index < -0.39 is 11.9 Å². The maximum absolute atomic E-state index is 11.9. The SMILES string of the molecule is O=C(O)CCCCCCCCCCCCCC(=O)OCCCCOC(=O)CCCCCCCCCCCCCC(=O)O. The summed E-state index contributed by atoms with van der Waals surface area (Å²) in [6, 6.07) is 0. The second-order valence-corrected chi connectivity index (χ2v) is 11.7. The van der Waals surface area contributed by atoms with Crippen molar-refractivity contribution in [3.63, 3.8) is 0 Å². The first-order chi connectivity index (χ1) is 20.4. The summed E-state index contributed by atoms with van der Waals surface area (Å²) in [6.07, 6.45) is 27.1. The predicted octanol–water partition coefficient (Wildman–Crippen LogP) is 9.16. The third kappa shape index (κ3) is 34.1. The van der Waals surface area contributed by atoms with E-state index in [1.54, 1.807) is 0 Å². The molecule has 8 nitrogen and oxygen atoms in total. The summed E-state index contributed by atoms with van der Waals surface area (Å²) >= 11 is 0. The Kier molecular flexibility index (Phi) is 30.2. The Balaban J connectivity index is 3.28. The van der Waals surface area contributed by atoms with Gasteiger partial charge in [-0.3, -0.25) is 19.2 Å². The number of ether oxygens (including phenoxy) is 2. The Morgan fingerprint density at radius 2 is 0.524 bits per heavy atom. The van der Waals surface area contributed by atoms with Gasteiger partial charge in [0.2, 0.25) is 0 Å². The minimum absolute atomic E-state index is 0.136.